The summed E-state index contributed by atoms with van der Waals surface area (Å²) < 4.78 is 14.6. The van der Waals surface area contributed by atoms with Gasteiger partial charge < -0.3 is 25.7 Å². The molecule has 2 saturated carbocycles. The number of halogens is 1. The van der Waals surface area contributed by atoms with Crippen LogP contribution in [0.3, 0.4) is 0 Å². The molecule has 1 amide bonds. The number of carbonyl (C=O) groups excluding carboxylic acids is 1. The molecular weight excluding hydrogens is 411 g/mol. The highest BCUT2D eigenvalue weighted by Crippen LogP contribution is 2.44. The van der Waals surface area contributed by atoms with E-state index in [1.807, 2.05) is 0 Å². The van der Waals surface area contributed by atoms with Gasteiger partial charge in [0.05, 0.1) is 12.2 Å². The number of hydrogen-bond donors (Lipinski definition) is 4. The molecule has 32 heavy (non-hydrogen) atoms. The Bertz CT molecular complexity index is 933. The van der Waals surface area contributed by atoms with Crippen molar-refractivity contribution < 1.29 is 19.4 Å². The minimum absolute atomic E-state index is 0.0221. The number of aliphatic hydroxyl groups excluding tert-OH is 2. The number of piperazine rings is 1. The van der Waals surface area contributed by atoms with E-state index in [2.05, 4.69) is 27.8 Å². The smallest absolute Gasteiger partial charge is 0.256 e. The molecule has 2 aliphatic heterocycles. The summed E-state index contributed by atoms with van der Waals surface area (Å²) in [5.74, 6) is 0.454. The maximum Gasteiger partial charge on any atom is 0.256 e. The number of benzene rings is 1. The van der Waals surface area contributed by atoms with Crippen molar-refractivity contribution in [1.29, 1.82) is 0 Å². The summed E-state index contributed by atoms with van der Waals surface area (Å²) in [7, 11) is 0. The third-order valence-corrected chi connectivity index (χ3v) is 6.83. The maximum atomic E-state index is 14.6. The van der Waals surface area contributed by atoms with Gasteiger partial charge in [0, 0.05) is 38.1 Å². The number of nitrogens with one attached hydrogen (secondary N) is 2. The molecular formula is C24H31FN4O3. The Labute approximate surface area is 187 Å². The van der Waals surface area contributed by atoms with Crippen molar-refractivity contribution in [2.45, 2.75) is 38.1 Å². The van der Waals surface area contributed by atoms with E-state index in [1.165, 1.54) is 55.0 Å². The van der Waals surface area contributed by atoms with Crippen molar-refractivity contribution in [2.24, 2.45) is 11.8 Å². The molecule has 7 nitrogen and oxygen atoms in total. The lowest BCUT2D eigenvalue weighted by Gasteiger charge is -2.41. The van der Waals surface area contributed by atoms with E-state index in [4.69, 9.17) is 5.11 Å². The molecule has 3 fully saturated rings. The van der Waals surface area contributed by atoms with E-state index in [0.29, 0.717) is 24.7 Å². The van der Waals surface area contributed by atoms with Gasteiger partial charge in [0.25, 0.3) is 5.91 Å². The van der Waals surface area contributed by atoms with Crippen LogP contribution in [0, 0.1) is 17.7 Å². The summed E-state index contributed by atoms with van der Waals surface area (Å²) in [6, 6.07) is 4.13. The molecule has 4 N–H and O–H groups in total. The molecule has 0 spiro atoms. The number of hydrogen-bond acceptors (Lipinski definition) is 6. The Morgan fingerprint density at radius 1 is 1.16 bits per heavy atom. The van der Waals surface area contributed by atoms with E-state index in [0.717, 1.165) is 19.0 Å². The Balaban J connectivity index is 1.20. The molecule has 0 radical (unpaired) electrons. The second-order valence-electron chi connectivity index (χ2n) is 9.27. The van der Waals surface area contributed by atoms with Crippen LogP contribution < -0.4 is 10.6 Å². The lowest BCUT2D eigenvalue weighted by Crippen LogP contribution is -2.56. The normalized spacial score (nSPS) is 25.0. The fourth-order valence-electron chi connectivity index (χ4n) is 4.68. The Morgan fingerprint density at radius 3 is 2.50 bits per heavy atom. The van der Waals surface area contributed by atoms with Crippen LogP contribution >= 0.6 is 0 Å². The Morgan fingerprint density at radius 2 is 1.88 bits per heavy atom. The van der Waals surface area contributed by atoms with Gasteiger partial charge in [-0.25, -0.2) is 4.39 Å². The highest BCUT2D eigenvalue weighted by Gasteiger charge is 2.38. The predicted octanol–water partition coefficient (Wildman–Crippen LogP) is 1.87. The number of dihydropyridines is 1. The van der Waals surface area contributed by atoms with E-state index in [-0.39, 0.29) is 17.6 Å². The zero-order chi connectivity index (χ0) is 22.2. The van der Waals surface area contributed by atoms with Crippen molar-refractivity contribution in [3.8, 4) is 0 Å². The predicted molar refractivity (Wildman–Crippen MR) is 119 cm³/mol. The lowest BCUT2D eigenvalue weighted by atomic mass is 9.98. The van der Waals surface area contributed by atoms with Gasteiger partial charge >= 0.3 is 0 Å². The van der Waals surface area contributed by atoms with E-state index in [9.17, 15) is 14.3 Å². The molecule has 8 heteroatoms. The maximum absolute atomic E-state index is 14.6. The van der Waals surface area contributed by atoms with Crippen molar-refractivity contribution in [3.05, 3.63) is 53.0 Å². The fraction of sp³-hybridized carbons (Fsp3) is 0.542. The molecule has 0 aromatic heterocycles. The first-order valence-electron chi connectivity index (χ1n) is 11.6. The highest BCUT2D eigenvalue weighted by atomic mass is 19.1. The minimum Gasteiger partial charge on any atom is -0.392 e. The first-order chi connectivity index (χ1) is 15.5. The highest BCUT2D eigenvalue weighted by molar-refractivity contribution is 5.95. The zero-order valence-electron chi connectivity index (χ0n) is 18.1. The molecule has 5 rings (SSSR count). The summed E-state index contributed by atoms with van der Waals surface area (Å²) >= 11 is 0. The van der Waals surface area contributed by atoms with Crippen LogP contribution in [-0.2, 0) is 0 Å². The summed E-state index contributed by atoms with van der Waals surface area (Å²) in [6.07, 6.45) is 8.74. The van der Waals surface area contributed by atoms with Gasteiger partial charge in [-0.05, 0) is 66.9 Å². The monoisotopic (exact) mass is 442 g/mol. The van der Waals surface area contributed by atoms with E-state index in [1.54, 1.807) is 4.90 Å². The van der Waals surface area contributed by atoms with Gasteiger partial charge in [-0.1, -0.05) is 6.08 Å². The lowest BCUT2D eigenvalue weighted by molar-refractivity contribution is 0.0570. The second kappa shape index (κ2) is 8.84. The molecule has 2 atom stereocenters. The molecule has 1 unspecified atom stereocenters. The van der Waals surface area contributed by atoms with Crippen LogP contribution in [0.25, 0.3) is 0 Å². The van der Waals surface area contributed by atoms with Gasteiger partial charge in [0.1, 0.15) is 18.2 Å². The first-order valence-corrected chi connectivity index (χ1v) is 11.6. The first kappa shape index (κ1) is 21.4. The van der Waals surface area contributed by atoms with Crippen molar-refractivity contribution in [2.75, 3.05) is 38.1 Å². The quantitative estimate of drug-likeness (QED) is 0.483. The number of nitrogens with zero attached hydrogens (tertiary/aromatic N) is 2. The largest absolute Gasteiger partial charge is 0.392 e. The molecule has 1 aromatic carbocycles. The second-order valence-corrected chi connectivity index (χ2v) is 9.27. The molecule has 4 aliphatic rings. The summed E-state index contributed by atoms with van der Waals surface area (Å²) in [4.78, 5) is 17.0. The van der Waals surface area contributed by atoms with Crippen LogP contribution in [-0.4, -0.2) is 71.1 Å². The van der Waals surface area contributed by atoms with Gasteiger partial charge in [-0.3, -0.25) is 9.69 Å². The van der Waals surface area contributed by atoms with Crippen molar-refractivity contribution in [3.63, 3.8) is 0 Å². The summed E-state index contributed by atoms with van der Waals surface area (Å²) in [5.41, 5.74) is 3.27. The zero-order valence-corrected chi connectivity index (χ0v) is 18.1. The molecule has 172 valence electrons. The average molecular weight is 443 g/mol. The number of allylic oxidation sites excluding steroid dienone is 2. The SMILES string of the molecule is O=C(c1ccc(N[C@H](O)CO)cc1F)N1CCN(C2NC=C(C3CC3)C=C2C2CC2)CC1. The Kier molecular flexibility index (Phi) is 5.92. The summed E-state index contributed by atoms with van der Waals surface area (Å²) in [6.45, 7) is 2.10. The Hall–Kier alpha value is -2.42. The molecule has 1 saturated heterocycles. The van der Waals surface area contributed by atoms with E-state index < -0.39 is 18.7 Å². The molecule has 0 bridgehead atoms. The fourth-order valence-corrected chi connectivity index (χ4v) is 4.68. The summed E-state index contributed by atoms with van der Waals surface area (Å²) in [5, 5.41) is 24.5. The number of amides is 1. The van der Waals surface area contributed by atoms with E-state index >= 15 is 0 Å². The van der Waals surface area contributed by atoms with Crippen LogP contribution in [0.2, 0.25) is 0 Å². The number of carbonyl (C=O) groups is 1. The molecule has 2 aliphatic carbocycles. The topological polar surface area (TPSA) is 88.1 Å². The van der Waals surface area contributed by atoms with Crippen molar-refractivity contribution in [1.82, 2.24) is 15.1 Å². The number of rotatable bonds is 7. The third kappa shape index (κ3) is 4.53. The van der Waals surface area contributed by atoms with Gasteiger partial charge in [-0.2, -0.15) is 0 Å². The van der Waals surface area contributed by atoms with Crippen LogP contribution in [0.1, 0.15) is 36.0 Å². The van der Waals surface area contributed by atoms with Gasteiger partial charge in [-0.15, -0.1) is 0 Å². The average Bonchev–Trinajstić information content (AvgIpc) is 3.72. The van der Waals surface area contributed by atoms with Gasteiger partial charge in [0.2, 0.25) is 0 Å². The van der Waals surface area contributed by atoms with Gasteiger partial charge in [0.15, 0.2) is 0 Å². The van der Waals surface area contributed by atoms with Crippen LogP contribution in [0.15, 0.2) is 41.6 Å². The van der Waals surface area contributed by atoms with Crippen molar-refractivity contribution >= 4 is 11.6 Å². The number of aliphatic hydroxyl groups is 2. The molecule has 1 aromatic rings. The number of anilines is 1. The third-order valence-electron chi connectivity index (χ3n) is 6.83. The van der Waals surface area contributed by atoms with Crippen LogP contribution in [0.4, 0.5) is 10.1 Å². The van der Waals surface area contributed by atoms with Crippen LogP contribution in [0.5, 0.6) is 0 Å². The standard InChI is InChI=1S/C24H31FN4O3/c25-21-12-18(27-22(31)14-30)5-6-19(21)24(32)29-9-7-28(8-10-29)23-20(16-3-4-16)11-17(13-26-23)15-1-2-15/h5-6,11-13,15-16,22-23,26-27,30-31H,1-4,7-10,14H2/t22-,23?/m1/s1. The minimum atomic E-state index is -1.18. The molecule has 2 heterocycles.